The number of carbonyl (C=O) groups excluding carboxylic acids is 2. The molecule has 1 aromatic heterocycles. The number of halogens is 2. The Labute approximate surface area is 160 Å². The quantitative estimate of drug-likeness (QED) is 0.785. The Hall–Kier alpha value is -1.83. The number of benzene rings is 1. The Balaban J connectivity index is 0.00000225. The highest BCUT2D eigenvalue weighted by atomic mass is 79.9. The molecule has 1 fully saturated rings. The molecule has 25 heavy (non-hydrogen) atoms. The summed E-state index contributed by atoms with van der Waals surface area (Å²) in [6, 6.07) is 10.1. The number of anilines is 1. The van der Waals surface area contributed by atoms with Gasteiger partial charge in [-0.1, -0.05) is 6.07 Å². The highest BCUT2D eigenvalue weighted by molar-refractivity contribution is 9.10. The van der Waals surface area contributed by atoms with Crippen molar-refractivity contribution in [2.24, 2.45) is 5.73 Å². The Bertz CT molecular complexity index is 765. The fraction of sp³-hybridized carbons (Fsp3) is 0.294. The van der Waals surface area contributed by atoms with E-state index in [-0.39, 0.29) is 36.0 Å². The van der Waals surface area contributed by atoms with Crippen LogP contribution in [0.4, 0.5) is 5.69 Å². The minimum absolute atomic E-state index is 0. The van der Waals surface area contributed by atoms with Crippen molar-refractivity contribution in [3.8, 4) is 0 Å². The summed E-state index contributed by atoms with van der Waals surface area (Å²) in [7, 11) is 0. The van der Waals surface area contributed by atoms with Gasteiger partial charge in [-0.15, -0.1) is 12.4 Å². The monoisotopic (exact) mass is 427 g/mol. The molecular weight excluding hydrogens is 410 g/mol. The molecule has 1 unspecified atom stereocenters. The van der Waals surface area contributed by atoms with Crippen molar-refractivity contribution in [1.29, 1.82) is 0 Å². The Kier molecular flexibility index (Phi) is 6.64. The van der Waals surface area contributed by atoms with Crippen molar-refractivity contribution in [2.75, 3.05) is 18.4 Å². The van der Waals surface area contributed by atoms with E-state index in [1.165, 1.54) is 0 Å². The van der Waals surface area contributed by atoms with Crippen LogP contribution in [0.1, 0.15) is 33.8 Å². The molecule has 2 heterocycles. The van der Waals surface area contributed by atoms with Gasteiger partial charge in [-0.05, 0) is 59.1 Å². The molecule has 1 aliphatic rings. The summed E-state index contributed by atoms with van der Waals surface area (Å²) in [4.78, 5) is 26.5. The summed E-state index contributed by atoms with van der Waals surface area (Å²) in [6.45, 7) is 1.28. The summed E-state index contributed by atoms with van der Waals surface area (Å²) in [5.74, 6) is -0.243. The molecule has 0 saturated carbocycles. The van der Waals surface area contributed by atoms with Crippen LogP contribution in [0.5, 0.6) is 0 Å². The number of nitrogens with two attached hydrogens (primary N) is 1. The third-order valence-corrected chi connectivity index (χ3v) is 4.34. The number of hydrogen-bond donors (Lipinski definition) is 2. The first kappa shape index (κ1) is 19.5. The van der Waals surface area contributed by atoms with Crippen LogP contribution in [-0.4, -0.2) is 35.8 Å². The molecule has 1 aliphatic heterocycles. The maximum absolute atomic E-state index is 12.6. The summed E-state index contributed by atoms with van der Waals surface area (Å²) in [5.41, 5.74) is 7.01. The molecule has 134 valence electrons. The summed E-state index contributed by atoms with van der Waals surface area (Å²) in [6.07, 6.45) is 1.86. The number of furan rings is 1. The third kappa shape index (κ3) is 4.84. The van der Waals surface area contributed by atoms with Crippen molar-refractivity contribution in [3.63, 3.8) is 0 Å². The zero-order valence-electron chi connectivity index (χ0n) is 13.4. The maximum atomic E-state index is 12.6. The van der Waals surface area contributed by atoms with Gasteiger partial charge in [0.1, 0.15) is 0 Å². The number of nitrogens with zero attached hydrogens (tertiary/aromatic N) is 1. The van der Waals surface area contributed by atoms with E-state index in [2.05, 4.69) is 21.2 Å². The van der Waals surface area contributed by atoms with Gasteiger partial charge in [0.05, 0.1) is 0 Å². The normalized spacial score (nSPS) is 16.9. The second kappa shape index (κ2) is 8.51. The van der Waals surface area contributed by atoms with E-state index in [9.17, 15) is 9.59 Å². The maximum Gasteiger partial charge on any atom is 0.291 e. The van der Waals surface area contributed by atoms with Crippen LogP contribution in [0.3, 0.4) is 0 Å². The van der Waals surface area contributed by atoms with Crippen LogP contribution in [-0.2, 0) is 0 Å². The van der Waals surface area contributed by atoms with Crippen LogP contribution in [0.2, 0.25) is 0 Å². The van der Waals surface area contributed by atoms with Crippen LogP contribution in [0.15, 0.2) is 45.5 Å². The van der Waals surface area contributed by atoms with E-state index < -0.39 is 0 Å². The van der Waals surface area contributed by atoms with Gasteiger partial charge < -0.3 is 20.4 Å². The summed E-state index contributed by atoms with van der Waals surface area (Å²) in [5, 5.41) is 2.73. The molecule has 0 radical (unpaired) electrons. The van der Waals surface area contributed by atoms with E-state index >= 15 is 0 Å². The molecule has 6 nitrogen and oxygen atoms in total. The average molecular weight is 429 g/mol. The van der Waals surface area contributed by atoms with Gasteiger partial charge in [0.25, 0.3) is 11.8 Å². The second-order valence-electron chi connectivity index (χ2n) is 5.79. The number of amides is 2. The molecule has 8 heteroatoms. The lowest BCUT2D eigenvalue weighted by molar-refractivity contribution is 0.0708. The predicted octanol–water partition coefficient (Wildman–Crippen LogP) is 3.28. The molecule has 2 aromatic rings. The molecule has 0 bridgehead atoms. The van der Waals surface area contributed by atoms with Crippen LogP contribution in [0, 0.1) is 0 Å². The van der Waals surface area contributed by atoms with Gasteiger partial charge in [0.2, 0.25) is 0 Å². The van der Waals surface area contributed by atoms with Crippen LogP contribution in [0.25, 0.3) is 0 Å². The molecule has 3 N–H and O–H groups in total. The number of hydrogen-bond acceptors (Lipinski definition) is 4. The largest absolute Gasteiger partial charge is 0.444 e. The molecule has 1 saturated heterocycles. The molecule has 2 amide bonds. The van der Waals surface area contributed by atoms with Crippen molar-refractivity contribution >= 4 is 45.8 Å². The van der Waals surface area contributed by atoms with E-state index in [1.807, 2.05) is 0 Å². The van der Waals surface area contributed by atoms with Crippen molar-refractivity contribution < 1.29 is 14.0 Å². The number of nitrogens with one attached hydrogen (secondary N) is 1. The SMILES string of the molecule is Cl.NC1CCCN(C(=O)c2cccc(NC(=O)c3ccc(Br)o3)c2)C1. The number of piperidine rings is 1. The highest BCUT2D eigenvalue weighted by Gasteiger charge is 2.22. The number of rotatable bonds is 3. The molecule has 3 rings (SSSR count). The fourth-order valence-electron chi connectivity index (χ4n) is 2.74. The lowest BCUT2D eigenvalue weighted by Crippen LogP contribution is -2.45. The van der Waals surface area contributed by atoms with Gasteiger partial charge in [0.15, 0.2) is 10.4 Å². The molecule has 0 aliphatic carbocycles. The number of likely N-dealkylation sites (tertiary alicyclic amines) is 1. The van der Waals surface area contributed by atoms with Gasteiger partial charge in [-0.3, -0.25) is 9.59 Å². The zero-order valence-corrected chi connectivity index (χ0v) is 15.8. The molecule has 1 atom stereocenters. The molecule has 0 spiro atoms. The van der Waals surface area contributed by atoms with Crippen LogP contribution < -0.4 is 11.1 Å². The Morgan fingerprint density at radius 1 is 1.28 bits per heavy atom. The predicted molar refractivity (Wildman–Crippen MR) is 101 cm³/mol. The van der Waals surface area contributed by atoms with E-state index in [0.29, 0.717) is 29.0 Å². The van der Waals surface area contributed by atoms with E-state index in [4.69, 9.17) is 10.2 Å². The zero-order chi connectivity index (χ0) is 17.1. The lowest BCUT2D eigenvalue weighted by Gasteiger charge is -2.30. The first-order valence-corrected chi connectivity index (χ1v) is 8.54. The third-order valence-electron chi connectivity index (χ3n) is 3.91. The van der Waals surface area contributed by atoms with Crippen LogP contribution >= 0.6 is 28.3 Å². The van der Waals surface area contributed by atoms with E-state index in [1.54, 1.807) is 41.3 Å². The van der Waals surface area contributed by atoms with E-state index in [0.717, 1.165) is 12.8 Å². The standard InChI is InChI=1S/C17H18BrN3O3.ClH/c18-15-7-6-14(24-15)16(22)20-13-5-1-3-11(9-13)17(23)21-8-2-4-12(19)10-21;/h1,3,5-7,9,12H,2,4,8,10,19H2,(H,20,22);1H. The smallest absolute Gasteiger partial charge is 0.291 e. The lowest BCUT2D eigenvalue weighted by atomic mass is 10.1. The topological polar surface area (TPSA) is 88.6 Å². The van der Waals surface area contributed by atoms with Gasteiger partial charge in [-0.2, -0.15) is 0 Å². The minimum atomic E-state index is -0.370. The molecule has 1 aromatic carbocycles. The molecular formula is C17H19BrClN3O3. The Morgan fingerprint density at radius 2 is 2.08 bits per heavy atom. The highest BCUT2D eigenvalue weighted by Crippen LogP contribution is 2.18. The summed E-state index contributed by atoms with van der Waals surface area (Å²) >= 11 is 3.16. The van der Waals surface area contributed by atoms with Gasteiger partial charge >= 0.3 is 0 Å². The first-order chi connectivity index (χ1) is 11.5. The number of carbonyl (C=O) groups is 2. The van der Waals surface area contributed by atoms with Crippen molar-refractivity contribution in [3.05, 3.63) is 52.4 Å². The fourth-order valence-corrected chi connectivity index (χ4v) is 3.04. The minimum Gasteiger partial charge on any atom is -0.444 e. The first-order valence-electron chi connectivity index (χ1n) is 7.74. The van der Waals surface area contributed by atoms with Crippen molar-refractivity contribution in [2.45, 2.75) is 18.9 Å². The second-order valence-corrected chi connectivity index (χ2v) is 6.57. The summed E-state index contributed by atoms with van der Waals surface area (Å²) < 4.78 is 5.70. The van der Waals surface area contributed by atoms with Gasteiger partial charge in [0, 0.05) is 30.4 Å². The Morgan fingerprint density at radius 3 is 2.76 bits per heavy atom. The van der Waals surface area contributed by atoms with Gasteiger partial charge in [-0.25, -0.2) is 0 Å². The average Bonchev–Trinajstić information content (AvgIpc) is 3.01. The van der Waals surface area contributed by atoms with Crippen molar-refractivity contribution in [1.82, 2.24) is 4.90 Å².